The molecule has 0 aliphatic carbocycles. The number of carbonyl (C=O) groups excluding carboxylic acids is 1. The fraction of sp³-hybridized carbons (Fsp3) is 0.176. The molecule has 3 nitrogen and oxygen atoms in total. The van der Waals surface area contributed by atoms with Crippen LogP contribution in [-0.4, -0.2) is 16.1 Å². The van der Waals surface area contributed by atoms with Crippen molar-refractivity contribution in [1.29, 1.82) is 0 Å². The third-order valence-corrected chi connectivity index (χ3v) is 4.41. The summed E-state index contributed by atoms with van der Waals surface area (Å²) < 4.78 is 2.03. The molecule has 3 rings (SSSR count). The maximum absolute atomic E-state index is 10.8. The number of thioether (sulfide) groups is 1. The molecule has 0 aliphatic rings. The van der Waals surface area contributed by atoms with Gasteiger partial charge >= 0.3 is 0 Å². The van der Waals surface area contributed by atoms with Crippen molar-refractivity contribution in [2.75, 3.05) is 0 Å². The summed E-state index contributed by atoms with van der Waals surface area (Å²) in [7, 11) is 0. The molecule has 0 unspecified atom stereocenters. The van der Waals surface area contributed by atoms with Crippen LogP contribution in [0.2, 0.25) is 0 Å². The van der Waals surface area contributed by atoms with Gasteiger partial charge in [-0.2, -0.15) is 5.10 Å². The first-order valence-electron chi connectivity index (χ1n) is 6.94. The van der Waals surface area contributed by atoms with Crippen LogP contribution in [0.15, 0.2) is 53.4 Å². The van der Waals surface area contributed by atoms with E-state index >= 15 is 0 Å². The van der Waals surface area contributed by atoms with Crippen LogP contribution in [0.1, 0.15) is 23.0 Å². The zero-order valence-corrected chi connectivity index (χ0v) is 12.6. The fourth-order valence-corrected chi connectivity index (χ4v) is 3.28. The number of benzene rings is 2. The van der Waals surface area contributed by atoms with Crippen molar-refractivity contribution in [3.05, 3.63) is 59.8 Å². The smallest absolute Gasteiger partial charge is 0.150 e. The number of carbonyl (C=O) groups is 1. The van der Waals surface area contributed by atoms with Crippen LogP contribution in [0, 0.1) is 0 Å². The Hall–Kier alpha value is -2.07. The van der Waals surface area contributed by atoms with Gasteiger partial charge in [0.25, 0.3) is 0 Å². The normalized spacial score (nSPS) is 10.9. The van der Waals surface area contributed by atoms with Crippen molar-refractivity contribution in [3.63, 3.8) is 0 Å². The van der Waals surface area contributed by atoms with Crippen LogP contribution in [0.25, 0.3) is 10.9 Å². The average Bonchev–Trinajstić information content (AvgIpc) is 2.91. The van der Waals surface area contributed by atoms with E-state index in [9.17, 15) is 4.79 Å². The number of hydrogen-bond donors (Lipinski definition) is 0. The molecular formula is C17H16N2OS. The molecule has 0 atom stereocenters. The van der Waals surface area contributed by atoms with Gasteiger partial charge < -0.3 is 0 Å². The predicted molar refractivity (Wildman–Crippen MR) is 86.8 cm³/mol. The van der Waals surface area contributed by atoms with Crippen molar-refractivity contribution in [2.45, 2.75) is 24.1 Å². The first kappa shape index (κ1) is 13.9. The molecule has 0 amide bonds. The van der Waals surface area contributed by atoms with Crippen LogP contribution in [0.5, 0.6) is 0 Å². The van der Waals surface area contributed by atoms with E-state index in [4.69, 9.17) is 5.10 Å². The molecule has 0 saturated heterocycles. The summed E-state index contributed by atoms with van der Waals surface area (Å²) in [6, 6.07) is 16.0. The highest BCUT2D eigenvalue weighted by atomic mass is 32.2. The number of nitrogens with zero attached hydrogens (tertiary/aromatic N) is 2. The molecule has 1 heterocycles. The van der Waals surface area contributed by atoms with Gasteiger partial charge in [0.1, 0.15) is 6.29 Å². The summed E-state index contributed by atoms with van der Waals surface area (Å²) in [5.41, 5.74) is 2.98. The third-order valence-electron chi connectivity index (χ3n) is 3.40. The lowest BCUT2D eigenvalue weighted by Crippen LogP contribution is -1.96. The second-order valence-corrected chi connectivity index (χ2v) is 5.81. The Labute approximate surface area is 128 Å². The van der Waals surface area contributed by atoms with E-state index in [-0.39, 0.29) is 0 Å². The molecule has 3 aromatic rings. The number of aldehydes is 1. The van der Waals surface area contributed by atoms with E-state index in [1.165, 1.54) is 10.9 Å². The van der Waals surface area contributed by atoms with Gasteiger partial charge in [0.15, 0.2) is 0 Å². The fourth-order valence-electron chi connectivity index (χ4n) is 2.37. The first-order valence-corrected chi connectivity index (χ1v) is 7.93. The minimum Gasteiger partial charge on any atom is -0.298 e. The summed E-state index contributed by atoms with van der Waals surface area (Å²) in [6.45, 7) is 2.97. The van der Waals surface area contributed by atoms with Crippen LogP contribution in [0.4, 0.5) is 0 Å². The molecule has 2 aromatic carbocycles. The molecule has 0 fully saturated rings. The van der Waals surface area contributed by atoms with E-state index in [2.05, 4.69) is 19.1 Å². The maximum Gasteiger partial charge on any atom is 0.150 e. The Kier molecular flexibility index (Phi) is 4.06. The molecular weight excluding hydrogens is 280 g/mol. The van der Waals surface area contributed by atoms with Gasteiger partial charge in [0.05, 0.1) is 11.2 Å². The SMILES string of the molecule is CCn1nc(CSc2cccc(C=O)c2)c2ccccc21. The van der Waals surface area contributed by atoms with Crippen molar-refractivity contribution in [2.24, 2.45) is 0 Å². The average molecular weight is 296 g/mol. The van der Waals surface area contributed by atoms with Gasteiger partial charge in [-0.15, -0.1) is 11.8 Å². The highest BCUT2D eigenvalue weighted by Gasteiger charge is 2.09. The van der Waals surface area contributed by atoms with Crippen LogP contribution in [0.3, 0.4) is 0 Å². The lowest BCUT2D eigenvalue weighted by Gasteiger charge is -2.00. The second-order valence-electron chi connectivity index (χ2n) is 4.76. The Balaban J connectivity index is 1.86. The Morgan fingerprint density at radius 3 is 2.86 bits per heavy atom. The molecule has 106 valence electrons. The third kappa shape index (κ3) is 2.85. The first-order chi connectivity index (χ1) is 10.3. The standard InChI is InChI=1S/C17H16N2OS/c1-2-19-17-9-4-3-8-15(17)16(18-19)12-21-14-7-5-6-13(10-14)11-20/h3-11H,2,12H2,1H3. The highest BCUT2D eigenvalue weighted by molar-refractivity contribution is 7.98. The highest BCUT2D eigenvalue weighted by Crippen LogP contribution is 2.27. The molecule has 21 heavy (non-hydrogen) atoms. The minimum absolute atomic E-state index is 0.712. The van der Waals surface area contributed by atoms with Crippen molar-refractivity contribution in [1.82, 2.24) is 9.78 Å². The number of hydrogen-bond acceptors (Lipinski definition) is 3. The van der Waals surface area contributed by atoms with E-state index in [1.807, 2.05) is 41.1 Å². The molecule has 0 N–H and O–H groups in total. The Morgan fingerprint density at radius 1 is 1.19 bits per heavy atom. The maximum atomic E-state index is 10.8. The van der Waals surface area contributed by atoms with Crippen LogP contribution >= 0.6 is 11.8 Å². The van der Waals surface area contributed by atoms with Crippen LogP contribution in [-0.2, 0) is 12.3 Å². The van der Waals surface area contributed by atoms with Gasteiger partial charge in [-0.25, -0.2) is 0 Å². The second kappa shape index (κ2) is 6.14. The van der Waals surface area contributed by atoms with Gasteiger partial charge in [-0.1, -0.05) is 30.3 Å². The summed E-state index contributed by atoms with van der Waals surface area (Å²) in [5.74, 6) is 0.801. The van der Waals surface area contributed by atoms with Crippen molar-refractivity contribution < 1.29 is 4.79 Å². The quantitative estimate of drug-likeness (QED) is 0.524. The number of rotatable bonds is 5. The molecule has 0 saturated carbocycles. The summed E-state index contributed by atoms with van der Waals surface area (Å²) in [5, 5.41) is 5.90. The topological polar surface area (TPSA) is 34.9 Å². The lowest BCUT2D eigenvalue weighted by atomic mass is 10.2. The van der Waals surface area contributed by atoms with Gasteiger partial charge in [0.2, 0.25) is 0 Å². The molecule has 0 radical (unpaired) electrons. The number of fused-ring (bicyclic) bond motifs is 1. The van der Waals surface area contributed by atoms with Gasteiger partial charge in [-0.3, -0.25) is 9.48 Å². The zero-order valence-electron chi connectivity index (χ0n) is 11.8. The number of aryl methyl sites for hydroxylation is 1. The van der Waals surface area contributed by atoms with Crippen LogP contribution < -0.4 is 0 Å². The predicted octanol–water partition coefficient (Wildman–Crippen LogP) is 4.16. The number of aromatic nitrogens is 2. The minimum atomic E-state index is 0.712. The van der Waals surface area contributed by atoms with Gasteiger partial charge in [0, 0.05) is 28.1 Å². The molecule has 0 aliphatic heterocycles. The Bertz CT molecular complexity index is 779. The molecule has 0 spiro atoms. The number of para-hydroxylation sites is 1. The zero-order chi connectivity index (χ0) is 14.7. The summed E-state index contributed by atoms with van der Waals surface area (Å²) in [4.78, 5) is 11.9. The summed E-state index contributed by atoms with van der Waals surface area (Å²) >= 11 is 1.71. The summed E-state index contributed by atoms with van der Waals surface area (Å²) in [6.07, 6.45) is 0.880. The van der Waals surface area contributed by atoms with E-state index in [1.54, 1.807) is 11.8 Å². The molecule has 0 bridgehead atoms. The molecule has 1 aromatic heterocycles. The van der Waals surface area contributed by atoms with Gasteiger partial charge in [-0.05, 0) is 25.1 Å². The van der Waals surface area contributed by atoms with Crippen molar-refractivity contribution >= 4 is 29.0 Å². The van der Waals surface area contributed by atoms with Crippen molar-refractivity contribution in [3.8, 4) is 0 Å². The largest absolute Gasteiger partial charge is 0.298 e. The van der Waals surface area contributed by atoms with E-state index in [0.717, 1.165) is 29.2 Å². The Morgan fingerprint density at radius 2 is 2.05 bits per heavy atom. The van der Waals surface area contributed by atoms with E-state index in [0.29, 0.717) is 5.56 Å². The monoisotopic (exact) mass is 296 g/mol. The van der Waals surface area contributed by atoms with E-state index < -0.39 is 0 Å². The molecule has 4 heteroatoms. The lowest BCUT2D eigenvalue weighted by molar-refractivity contribution is 0.112.